The smallest absolute Gasteiger partial charge is 0.416 e. The Morgan fingerprint density at radius 2 is 1.71 bits per heavy atom. The largest absolute Gasteiger partial charge is 0.511 e. The molecule has 31 heavy (non-hydrogen) atoms. The number of allylic oxidation sites excluding steroid dienone is 2. The van der Waals surface area contributed by atoms with E-state index in [0.29, 0.717) is 19.6 Å². The van der Waals surface area contributed by atoms with Gasteiger partial charge in [0.15, 0.2) is 5.78 Å². The molecule has 0 aromatic heterocycles. The first-order chi connectivity index (χ1) is 14.8. The lowest BCUT2D eigenvalue weighted by Crippen LogP contribution is -2.47. The zero-order valence-electron chi connectivity index (χ0n) is 17.3. The number of aliphatic hydroxyl groups is 2. The highest BCUT2D eigenvalue weighted by atomic mass is 19.4. The number of aliphatic hydroxyl groups excluding tert-OH is 2. The van der Waals surface area contributed by atoms with Crippen LogP contribution in [0.3, 0.4) is 0 Å². The number of carbonyl (C=O) groups excluding carboxylic acids is 1. The van der Waals surface area contributed by atoms with Crippen molar-refractivity contribution < 1.29 is 28.2 Å². The van der Waals surface area contributed by atoms with Crippen LogP contribution in [-0.4, -0.2) is 84.4 Å². The van der Waals surface area contributed by atoms with Crippen LogP contribution in [0.1, 0.15) is 29.9 Å². The van der Waals surface area contributed by atoms with Crippen molar-refractivity contribution in [1.29, 1.82) is 0 Å². The van der Waals surface area contributed by atoms with E-state index in [1.54, 1.807) is 0 Å². The fourth-order valence-electron chi connectivity index (χ4n) is 4.12. The molecule has 170 valence electrons. The van der Waals surface area contributed by atoms with Gasteiger partial charge < -0.3 is 10.2 Å². The van der Waals surface area contributed by atoms with Crippen LogP contribution in [0.5, 0.6) is 0 Å². The first kappa shape index (κ1) is 23.4. The van der Waals surface area contributed by atoms with Crippen molar-refractivity contribution in [3.05, 3.63) is 46.7 Å². The fraction of sp³-hybridized carbons (Fsp3) is 0.545. The van der Waals surface area contributed by atoms with Crippen LogP contribution in [0.15, 0.2) is 40.6 Å². The Morgan fingerprint density at radius 1 is 1.06 bits per heavy atom. The van der Waals surface area contributed by atoms with Crippen molar-refractivity contribution in [3.8, 4) is 0 Å². The minimum absolute atomic E-state index is 0.0208. The number of benzene rings is 1. The lowest BCUT2D eigenvalue weighted by atomic mass is 9.81. The van der Waals surface area contributed by atoms with E-state index in [-0.39, 0.29) is 36.3 Å². The maximum Gasteiger partial charge on any atom is 0.416 e. The Labute approximate surface area is 179 Å². The second kappa shape index (κ2) is 10.4. The van der Waals surface area contributed by atoms with Gasteiger partial charge in [-0.25, -0.2) is 0 Å². The third-order valence-corrected chi connectivity index (χ3v) is 5.84. The summed E-state index contributed by atoms with van der Waals surface area (Å²) in [5.74, 6) is -1.32. The van der Waals surface area contributed by atoms with E-state index in [1.807, 2.05) is 0 Å². The van der Waals surface area contributed by atoms with Gasteiger partial charge in [0.1, 0.15) is 5.76 Å². The molecule has 1 aliphatic carbocycles. The molecule has 1 heterocycles. The summed E-state index contributed by atoms with van der Waals surface area (Å²) in [6.07, 6.45) is -3.27. The van der Waals surface area contributed by atoms with Crippen molar-refractivity contribution in [2.45, 2.75) is 24.9 Å². The highest BCUT2D eigenvalue weighted by molar-refractivity contribution is 6.14. The number of ketones is 1. The summed E-state index contributed by atoms with van der Waals surface area (Å²) < 4.78 is 39.9. The first-order valence-corrected chi connectivity index (χ1v) is 10.5. The van der Waals surface area contributed by atoms with Gasteiger partial charge in [0.25, 0.3) is 0 Å². The molecule has 0 amide bonds. The zero-order chi connectivity index (χ0) is 22.4. The van der Waals surface area contributed by atoms with Crippen LogP contribution in [0.4, 0.5) is 13.2 Å². The number of hydrogen-bond donors (Lipinski definition) is 2. The third-order valence-electron chi connectivity index (χ3n) is 5.84. The summed E-state index contributed by atoms with van der Waals surface area (Å²) in [4.78, 5) is 21.2. The van der Waals surface area contributed by atoms with Crippen LogP contribution < -0.4 is 0 Å². The molecule has 6 nitrogen and oxygen atoms in total. The van der Waals surface area contributed by atoms with Crippen LogP contribution >= 0.6 is 0 Å². The van der Waals surface area contributed by atoms with Crippen LogP contribution in [-0.2, 0) is 11.0 Å². The van der Waals surface area contributed by atoms with Crippen LogP contribution in [0.2, 0.25) is 0 Å². The molecule has 0 spiro atoms. The van der Waals surface area contributed by atoms with Crippen LogP contribution in [0, 0.1) is 0 Å². The van der Waals surface area contributed by atoms with Crippen molar-refractivity contribution in [3.63, 3.8) is 0 Å². The summed E-state index contributed by atoms with van der Waals surface area (Å²) in [5, 5.41) is 19.3. The van der Waals surface area contributed by atoms with E-state index >= 15 is 0 Å². The lowest BCUT2D eigenvalue weighted by Gasteiger charge is -2.33. The van der Waals surface area contributed by atoms with Crippen LogP contribution in [0.25, 0.3) is 0 Å². The Balaban J connectivity index is 1.57. The first-order valence-electron chi connectivity index (χ1n) is 10.5. The monoisotopic (exact) mass is 439 g/mol. The average Bonchev–Trinajstić information content (AvgIpc) is 2.73. The molecule has 1 fully saturated rings. The van der Waals surface area contributed by atoms with Gasteiger partial charge in [0.2, 0.25) is 0 Å². The maximum atomic E-state index is 13.3. The summed E-state index contributed by atoms with van der Waals surface area (Å²) >= 11 is 0. The molecule has 2 aliphatic rings. The van der Waals surface area contributed by atoms with E-state index in [9.17, 15) is 23.1 Å². The van der Waals surface area contributed by atoms with Gasteiger partial charge in [0.05, 0.1) is 24.3 Å². The predicted octanol–water partition coefficient (Wildman–Crippen LogP) is 2.64. The Bertz CT molecular complexity index is 831. The number of Topliss-reactive ketones (excluding diaryl/α,β-unsaturated/α-hetero) is 1. The molecule has 1 aromatic rings. The van der Waals surface area contributed by atoms with Crippen molar-refractivity contribution in [1.82, 2.24) is 9.80 Å². The standard InChI is InChI=1S/C22H28F3N3O3/c23-22(24,25)19-4-2-1-3-17(19)16-13-20(30)18(21(31)14-16)15-26-5-6-27-7-9-28(10-8-27)11-12-29/h1-4,15-16,29-30H,5-14H2. The Hall–Kier alpha value is -2.23. The van der Waals surface area contributed by atoms with Crippen molar-refractivity contribution >= 4 is 12.0 Å². The van der Waals surface area contributed by atoms with E-state index in [2.05, 4.69) is 14.8 Å². The summed E-state index contributed by atoms with van der Waals surface area (Å²) in [7, 11) is 0. The molecule has 1 unspecified atom stereocenters. The molecule has 0 saturated carbocycles. The number of aliphatic imine (C=N–C) groups is 1. The number of hydrogen-bond acceptors (Lipinski definition) is 6. The van der Waals surface area contributed by atoms with Gasteiger partial charge in [-0.2, -0.15) is 13.2 Å². The highest BCUT2D eigenvalue weighted by Crippen LogP contribution is 2.40. The molecule has 1 aliphatic heterocycles. The van der Waals surface area contributed by atoms with E-state index in [0.717, 1.165) is 32.2 Å². The van der Waals surface area contributed by atoms with E-state index < -0.39 is 23.4 Å². The Morgan fingerprint density at radius 3 is 2.32 bits per heavy atom. The number of halogens is 3. The van der Waals surface area contributed by atoms with Gasteiger partial charge in [-0.1, -0.05) is 18.2 Å². The molecule has 0 bridgehead atoms. The molecule has 1 atom stereocenters. The van der Waals surface area contributed by atoms with Crippen molar-refractivity contribution in [2.24, 2.45) is 4.99 Å². The molecule has 2 N–H and O–H groups in total. The van der Waals surface area contributed by atoms with Gasteiger partial charge in [0, 0.05) is 58.3 Å². The topological polar surface area (TPSA) is 76.4 Å². The second-order valence-electron chi connectivity index (χ2n) is 7.92. The predicted molar refractivity (Wildman–Crippen MR) is 111 cm³/mol. The Kier molecular flexibility index (Phi) is 7.85. The van der Waals surface area contributed by atoms with Gasteiger partial charge in [-0.15, -0.1) is 0 Å². The molecular weight excluding hydrogens is 411 g/mol. The lowest BCUT2D eigenvalue weighted by molar-refractivity contribution is -0.138. The number of alkyl halides is 3. The van der Waals surface area contributed by atoms with E-state index in [1.165, 1.54) is 24.4 Å². The number of piperazine rings is 1. The SMILES string of the molecule is O=C1CC(c2ccccc2C(F)(F)F)CC(O)=C1C=NCCN1CCN(CCO)CC1. The van der Waals surface area contributed by atoms with Gasteiger partial charge in [-0.05, 0) is 17.5 Å². The molecule has 1 saturated heterocycles. The number of carbonyl (C=O) groups is 1. The third kappa shape index (κ3) is 6.15. The second-order valence-corrected chi connectivity index (χ2v) is 7.92. The molecule has 1 aromatic carbocycles. The molecular formula is C22H28F3N3O3. The molecule has 0 radical (unpaired) electrons. The maximum absolute atomic E-state index is 13.3. The zero-order valence-corrected chi connectivity index (χ0v) is 17.3. The van der Waals surface area contributed by atoms with Gasteiger partial charge >= 0.3 is 6.18 Å². The van der Waals surface area contributed by atoms with Crippen molar-refractivity contribution in [2.75, 3.05) is 52.4 Å². The summed E-state index contributed by atoms with van der Waals surface area (Å²) in [6, 6.07) is 5.20. The number of rotatable bonds is 7. The highest BCUT2D eigenvalue weighted by Gasteiger charge is 2.37. The minimum Gasteiger partial charge on any atom is -0.511 e. The quantitative estimate of drug-likeness (QED) is 0.639. The number of nitrogens with zero attached hydrogens (tertiary/aromatic N) is 3. The van der Waals surface area contributed by atoms with Gasteiger partial charge in [-0.3, -0.25) is 19.6 Å². The summed E-state index contributed by atoms with van der Waals surface area (Å²) in [6.45, 7) is 5.53. The molecule has 9 heteroatoms. The fourth-order valence-corrected chi connectivity index (χ4v) is 4.12. The normalized spacial score (nSPS) is 21.9. The summed E-state index contributed by atoms with van der Waals surface area (Å²) in [5.41, 5.74) is -0.642. The minimum atomic E-state index is -4.51. The van der Waals surface area contributed by atoms with E-state index in [4.69, 9.17) is 5.11 Å². The number of β-amino-alcohol motifs (C(OH)–C–C–N with tert-alkyl or cyclic N) is 1. The average molecular weight is 439 g/mol. The molecule has 3 rings (SSSR count).